The molecule has 1 N–H and O–H groups in total. The van der Waals surface area contributed by atoms with E-state index in [2.05, 4.69) is 5.32 Å². The van der Waals surface area contributed by atoms with E-state index in [1.807, 2.05) is 44.2 Å². The second kappa shape index (κ2) is 9.28. The largest absolute Gasteiger partial charge is 0.490 e. The monoisotopic (exact) mass is 350 g/mol. The molecular weight excluding hydrogens is 328 g/mol. The van der Waals surface area contributed by atoms with Crippen LogP contribution in [0.2, 0.25) is 0 Å². The van der Waals surface area contributed by atoms with Crippen LogP contribution in [-0.4, -0.2) is 19.6 Å². The first-order chi connectivity index (χ1) is 12.6. The minimum Gasteiger partial charge on any atom is -0.490 e. The minimum atomic E-state index is -0.426. The van der Waals surface area contributed by atoms with Crippen molar-refractivity contribution < 1.29 is 14.3 Å². The van der Waals surface area contributed by atoms with Gasteiger partial charge in [0.25, 0.3) is 5.91 Å². The Morgan fingerprint density at radius 2 is 1.88 bits per heavy atom. The summed E-state index contributed by atoms with van der Waals surface area (Å²) in [5, 5.41) is 11.6. The quantitative estimate of drug-likeness (QED) is 0.611. The van der Waals surface area contributed by atoms with E-state index < -0.39 is 5.91 Å². The van der Waals surface area contributed by atoms with Crippen molar-refractivity contribution in [2.75, 3.05) is 13.7 Å². The predicted octanol–water partition coefficient (Wildman–Crippen LogP) is 3.63. The lowest BCUT2D eigenvalue weighted by Crippen LogP contribution is -2.19. The lowest BCUT2D eigenvalue weighted by molar-refractivity contribution is -0.116. The summed E-state index contributed by atoms with van der Waals surface area (Å²) < 4.78 is 11.5. The molecule has 0 heterocycles. The number of nitrogens with one attached hydrogen (secondary N) is 1. The van der Waals surface area contributed by atoms with Crippen LogP contribution in [0.3, 0.4) is 0 Å². The number of amides is 1. The third kappa shape index (κ3) is 5.12. The summed E-state index contributed by atoms with van der Waals surface area (Å²) in [5.74, 6) is 0.760. The van der Waals surface area contributed by atoms with Gasteiger partial charge in [0.1, 0.15) is 18.2 Å². The number of nitrogens with zero attached hydrogens (tertiary/aromatic N) is 1. The number of hydrogen-bond donors (Lipinski definition) is 1. The number of rotatable bonds is 7. The number of benzene rings is 2. The lowest BCUT2D eigenvalue weighted by atomic mass is 10.1. The molecule has 0 bridgehead atoms. The molecule has 0 aliphatic heterocycles. The van der Waals surface area contributed by atoms with Gasteiger partial charge in [-0.1, -0.05) is 35.9 Å². The van der Waals surface area contributed by atoms with Crippen LogP contribution >= 0.6 is 0 Å². The van der Waals surface area contributed by atoms with Gasteiger partial charge in [-0.2, -0.15) is 5.26 Å². The maximum absolute atomic E-state index is 11.7. The highest BCUT2D eigenvalue weighted by atomic mass is 16.5. The number of likely N-dealkylation sites (N-methyl/N-ethyl adjacent to an activating group) is 1. The Morgan fingerprint density at radius 1 is 1.15 bits per heavy atom. The van der Waals surface area contributed by atoms with E-state index in [9.17, 15) is 4.79 Å². The molecule has 5 heteroatoms. The zero-order valence-corrected chi connectivity index (χ0v) is 15.2. The molecule has 0 radical (unpaired) electrons. The van der Waals surface area contributed by atoms with Gasteiger partial charge in [-0.05, 0) is 43.2 Å². The summed E-state index contributed by atoms with van der Waals surface area (Å²) in [5.41, 5.74) is 2.98. The summed E-state index contributed by atoms with van der Waals surface area (Å²) in [7, 11) is 1.49. The molecule has 2 rings (SSSR count). The maximum atomic E-state index is 11.7. The Kier molecular flexibility index (Phi) is 6.81. The fraction of sp³-hybridized carbons (Fsp3) is 0.238. The summed E-state index contributed by atoms with van der Waals surface area (Å²) in [6.45, 7) is 4.84. The van der Waals surface area contributed by atoms with Crippen molar-refractivity contribution in [2.24, 2.45) is 0 Å². The van der Waals surface area contributed by atoms with Crippen molar-refractivity contribution in [1.29, 1.82) is 5.26 Å². The number of carbonyl (C=O) groups is 1. The van der Waals surface area contributed by atoms with Crippen molar-refractivity contribution in [3.63, 3.8) is 0 Å². The third-order valence-corrected chi connectivity index (χ3v) is 3.69. The molecule has 134 valence electrons. The molecule has 0 aliphatic rings. The zero-order chi connectivity index (χ0) is 18.9. The van der Waals surface area contributed by atoms with E-state index in [1.165, 1.54) is 18.7 Å². The van der Waals surface area contributed by atoms with Gasteiger partial charge < -0.3 is 14.8 Å². The molecule has 0 fully saturated rings. The van der Waals surface area contributed by atoms with Crippen LogP contribution in [-0.2, 0) is 11.4 Å². The van der Waals surface area contributed by atoms with Crippen LogP contribution < -0.4 is 14.8 Å². The first-order valence-electron chi connectivity index (χ1n) is 8.36. The lowest BCUT2D eigenvalue weighted by Gasteiger charge is -2.13. The summed E-state index contributed by atoms with van der Waals surface area (Å²) >= 11 is 0. The smallest absolute Gasteiger partial charge is 0.261 e. The van der Waals surface area contributed by atoms with E-state index in [1.54, 1.807) is 18.2 Å². The normalized spacial score (nSPS) is 10.8. The average molecular weight is 350 g/mol. The first kappa shape index (κ1) is 19.1. The van der Waals surface area contributed by atoms with Crippen molar-refractivity contribution in [3.8, 4) is 17.6 Å². The maximum Gasteiger partial charge on any atom is 0.261 e. The van der Waals surface area contributed by atoms with E-state index >= 15 is 0 Å². The van der Waals surface area contributed by atoms with Crippen molar-refractivity contribution in [1.82, 2.24) is 5.32 Å². The fourth-order valence-corrected chi connectivity index (χ4v) is 2.30. The molecule has 2 aromatic carbocycles. The molecule has 0 saturated heterocycles. The number of ether oxygens (including phenoxy) is 2. The highest BCUT2D eigenvalue weighted by Crippen LogP contribution is 2.30. The molecule has 2 aromatic rings. The Balaban J connectivity index is 2.22. The standard InChI is InChI=1S/C21H22N2O3/c1-4-25-20-12-17(11-18(13-22)21(24)23-3)9-10-19(20)26-14-16-7-5-15(2)6-8-16/h5-12H,4,14H2,1-3H3,(H,23,24)/b18-11+. The van der Waals surface area contributed by atoms with Gasteiger partial charge in [0, 0.05) is 7.05 Å². The van der Waals surface area contributed by atoms with Gasteiger partial charge in [0.05, 0.1) is 6.61 Å². The number of hydrogen-bond acceptors (Lipinski definition) is 4. The Bertz CT molecular complexity index is 833. The van der Waals surface area contributed by atoms with Gasteiger partial charge in [0.15, 0.2) is 11.5 Å². The molecule has 0 atom stereocenters. The number of carbonyl (C=O) groups excluding carboxylic acids is 1. The van der Waals surface area contributed by atoms with Crippen LogP contribution in [0.1, 0.15) is 23.6 Å². The van der Waals surface area contributed by atoms with E-state index in [-0.39, 0.29) is 5.57 Å². The van der Waals surface area contributed by atoms with Crippen molar-refractivity contribution >= 4 is 12.0 Å². The Morgan fingerprint density at radius 3 is 2.50 bits per heavy atom. The second-order valence-electron chi connectivity index (χ2n) is 5.66. The fourth-order valence-electron chi connectivity index (χ4n) is 2.30. The molecule has 0 spiro atoms. The van der Waals surface area contributed by atoms with Crippen LogP contribution in [0.4, 0.5) is 0 Å². The van der Waals surface area contributed by atoms with Gasteiger partial charge in [-0.15, -0.1) is 0 Å². The Hall–Kier alpha value is -3.26. The van der Waals surface area contributed by atoms with E-state index in [0.717, 1.165) is 5.56 Å². The van der Waals surface area contributed by atoms with Crippen LogP contribution in [0.15, 0.2) is 48.0 Å². The molecular formula is C21H22N2O3. The highest BCUT2D eigenvalue weighted by Gasteiger charge is 2.10. The zero-order valence-electron chi connectivity index (χ0n) is 15.2. The van der Waals surface area contributed by atoms with Crippen LogP contribution in [0.25, 0.3) is 6.08 Å². The molecule has 0 aromatic heterocycles. The van der Waals surface area contributed by atoms with Gasteiger partial charge >= 0.3 is 0 Å². The van der Waals surface area contributed by atoms with Crippen molar-refractivity contribution in [3.05, 3.63) is 64.7 Å². The predicted molar refractivity (Wildman–Crippen MR) is 101 cm³/mol. The topological polar surface area (TPSA) is 71.3 Å². The highest BCUT2D eigenvalue weighted by molar-refractivity contribution is 6.01. The summed E-state index contributed by atoms with van der Waals surface area (Å²) in [4.78, 5) is 11.7. The second-order valence-corrected chi connectivity index (χ2v) is 5.66. The van der Waals surface area contributed by atoms with Crippen molar-refractivity contribution in [2.45, 2.75) is 20.5 Å². The SMILES string of the molecule is CCOc1cc(/C=C(\C#N)C(=O)NC)ccc1OCc1ccc(C)cc1. The molecule has 0 saturated carbocycles. The molecule has 1 amide bonds. The van der Waals surface area contributed by atoms with E-state index in [4.69, 9.17) is 14.7 Å². The minimum absolute atomic E-state index is 0.0308. The molecule has 26 heavy (non-hydrogen) atoms. The van der Waals surface area contributed by atoms with Crippen LogP contribution in [0.5, 0.6) is 11.5 Å². The third-order valence-electron chi connectivity index (χ3n) is 3.69. The average Bonchev–Trinajstić information content (AvgIpc) is 2.66. The summed E-state index contributed by atoms with van der Waals surface area (Å²) in [6.07, 6.45) is 1.52. The number of nitriles is 1. The van der Waals surface area contributed by atoms with Crippen LogP contribution in [0, 0.1) is 18.3 Å². The molecule has 5 nitrogen and oxygen atoms in total. The summed E-state index contributed by atoms with van der Waals surface area (Å²) in [6, 6.07) is 15.3. The van der Waals surface area contributed by atoms with Gasteiger partial charge in [-0.25, -0.2) is 0 Å². The van der Waals surface area contributed by atoms with E-state index in [0.29, 0.717) is 30.3 Å². The Labute approximate surface area is 153 Å². The van der Waals surface area contributed by atoms with Gasteiger partial charge in [-0.3, -0.25) is 4.79 Å². The molecule has 0 aliphatic carbocycles. The van der Waals surface area contributed by atoms with Gasteiger partial charge in [0.2, 0.25) is 0 Å². The first-order valence-corrected chi connectivity index (χ1v) is 8.36. The molecule has 0 unspecified atom stereocenters. The number of aryl methyl sites for hydroxylation is 1.